The van der Waals surface area contributed by atoms with Crippen LogP contribution in [0.15, 0.2) is 41.3 Å². The number of phenolic OH excluding ortho intramolecular Hbond substituents is 1. The summed E-state index contributed by atoms with van der Waals surface area (Å²) in [6, 6.07) is 12.2. The molecule has 2 aliphatic heterocycles. The Morgan fingerprint density at radius 3 is 2.51 bits per heavy atom. The van der Waals surface area contributed by atoms with Crippen molar-refractivity contribution in [1.29, 1.82) is 0 Å². The van der Waals surface area contributed by atoms with Crippen molar-refractivity contribution in [1.82, 2.24) is 4.90 Å². The molecule has 0 aliphatic carbocycles. The van der Waals surface area contributed by atoms with E-state index < -0.39 is 5.60 Å². The number of aromatic hydroxyl groups is 1. The van der Waals surface area contributed by atoms with Gasteiger partial charge in [0.15, 0.2) is 0 Å². The van der Waals surface area contributed by atoms with E-state index in [4.69, 9.17) is 9.47 Å². The van der Waals surface area contributed by atoms with E-state index in [2.05, 4.69) is 19.1 Å². The van der Waals surface area contributed by atoms with Crippen LogP contribution in [0.2, 0.25) is 0 Å². The van der Waals surface area contributed by atoms with Gasteiger partial charge in [-0.3, -0.25) is 0 Å². The minimum Gasteiger partial charge on any atom is 0 e. The second kappa shape index (κ2) is 11.0. The molecule has 1 fully saturated rings. The molecule has 5 rings (SSSR count). The molecule has 1 unspecified atom stereocenters. The Labute approximate surface area is 258 Å². The summed E-state index contributed by atoms with van der Waals surface area (Å²) in [5, 5.41) is 12.5. The number of benzene rings is 3. The predicted octanol–water partition coefficient (Wildman–Crippen LogP) is 5.81. The maximum atomic E-state index is 12.6. The number of thioether (sulfide) groups is 1. The summed E-state index contributed by atoms with van der Waals surface area (Å²) in [5.74, 6) is 2.10. The molecule has 0 aromatic heterocycles. The van der Waals surface area contributed by atoms with E-state index in [-0.39, 0.29) is 38.6 Å². The summed E-state index contributed by atoms with van der Waals surface area (Å²) >= 11 is 2.84. The van der Waals surface area contributed by atoms with E-state index in [0.717, 1.165) is 71.2 Å². The summed E-state index contributed by atoms with van der Waals surface area (Å²) in [7, 11) is 1.83. The molecule has 37 heavy (non-hydrogen) atoms. The summed E-state index contributed by atoms with van der Waals surface area (Å²) in [5.41, 5.74) is 4.37. The molecule has 3 aromatic carbocycles. The molecule has 5 nitrogen and oxygen atoms in total. The van der Waals surface area contributed by atoms with Crippen molar-refractivity contribution in [3.05, 3.63) is 69.1 Å². The summed E-state index contributed by atoms with van der Waals surface area (Å²) < 4.78 is 14.0. The fraction of sp³-hybridized carbons (Fsp3) is 0.310. The number of amides is 1. The number of rotatable bonds is 4. The molecule has 1 atom stereocenters. The zero-order valence-electron chi connectivity index (χ0n) is 21.7. The Balaban J connectivity index is 0.00000320. The van der Waals surface area contributed by atoms with Gasteiger partial charge in [0.25, 0.3) is 0 Å². The van der Waals surface area contributed by atoms with Gasteiger partial charge in [0.05, 0.1) is 0 Å². The van der Waals surface area contributed by atoms with Gasteiger partial charge in [0.2, 0.25) is 0 Å². The molecule has 2 aliphatic rings. The molecule has 1 radical (unpaired) electrons. The summed E-state index contributed by atoms with van der Waals surface area (Å²) in [4.78, 5) is 15.1. The number of hydrogen-bond acceptors (Lipinski definition) is 5. The number of nitrogens with zero attached hydrogens (tertiary/aromatic N) is 1. The Hall–Kier alpha value is -1.46. The number of carbonyl (C=O) groups excluding carboxylic acids is 1. The average Bonchev–Trinajstić information content (AvgIpc) is 3.12. The zero-order chi connectivity index (χ0) is 25.8. The van der Waals surface area contributed by atoms with Crippen molar-refractivity contribution in [3.8, 4) is 17.2 Å². The quantitative estimate of drug-likeness (QED) is 0.341. The van der Waals surface area contributed by atoms with Gasteiger partial charge < -0.3 is 5.11 Å². The normalized spacial score (nSPS) is 20.1. The predicted molar refractivity (Wildman–Crippen MR) is 142 cm³/mol. The number of fused-ring (bicyclic) bond motifs is 2. The van der Waals surface area contributed by atoms with Gasteiger partial charge in [-0.15, -0.1) is 0 Å². The van der Waals surface area contributed by atoms with Gasteiger partial charge in [-0.05, 0) is 43.9 Å². The van der Waals surface area contributed by atoms with Crippen LogP contribution in [-0.2, 0) is 63.3 Å². The van der Waals surface area contributed by atoms with E-state index in [1.165, 1.54) is 19.4 Å². The van der Waals surface area contributed by atoms with E-state index >= 15 is 0 Å². The first-order chi connectivity index (χ1) is 17.1. The summed E-state index contributed by atoms with van der Waals surface area (Å²) in [6.45, 7) is 8.40. The minimum absolute atomic E-state index is 0. The van der Waals surface area contributed by atoms with Crippen LogP contribution in [0, 0.1) is 20.8 Å². The fourth-order valence-electron chi connectivity index (χ4n) is 4.86. The molecule has 3 aromatic rings. The summed E-state index contributed by atoms with van der Waals surface area (Å²) in [6.07, 6.45) is 3.62. The molecule has 1 amide bonds. The van der Waals surface area contributed by atoms with E-state index in [0.29, 0.717) is 12.4 Å². The van der Waals surface area contributed by atoms with Crippen molar-refractivity contribution in [2.45, 2.75) is 46.1 Å². The van der Waals surface area contributed by atoms with Crippen molar-refractivity contribution < 1.29 is 71.4 Å². The van der Waals surface area contributed by atoms with Crippen molar-refractivity contribution in [2.24, 2.45) is 0 Å². The first-order valence-electron chi connectivity index (χ1n) is 12.0. The van der Waals surface area contributed by atoms with Crippen molar-refractivity contribution in [3.63, 3.8) is 0 Å². The Morgan fingerprint density at radius 1 is 1.14 bits per heavy atom. The maximum absolute atomic E-state index is 12.6. The molecule has 0 saturated carbocycles. The monoisotopic (exact) mass is 760 g/mol. The Morgan fingerprint density at radius 2 is 1.84 bits per heavy atom. The first-order valence-corrected chi connectivity index (χ1v) is 14.2. The van der Waals surface area contributed by atoms with Gasteiger partial charge >= 0.3 is 162 Å². The Kier molecular flexibility index (Phi) is 8.46. The van der Waals surface area contributed by atoms with Gasteiger partial charge in [0, 0.05) is 38.3 Å². The van der Waals surface area contributed by atoms with Crippen molar-refractivity contribution >= 4 is 37.9 Å². The van der Waals surface area contributed by atoms with Gasteiger partial charge in [-0.2, -0.15) is 0 Å². The molecule has 2 heterocycles. The van der Waals surface area contributed by atoms with Crippen LogP contribution < -0.4 is 9.47 Å². The second-order valence-corrected chi connectivity index (χ2v) is 13.3. The van der Waals surface area contributed by atoms with Crippen LogP contribution >= 0.6 is 11.8 Å². The SMILES string of the molecule is Cc1c(C)c2c(c(C)c1O)CCC(C)(COc1ccc(/C=C3\S[C](=[W])N(C)C3=O)c3ccccc13)O2.[Y]. The number of carbonyl (C=O) groups is 1. The van der Waals surface area contributed by atoms with E-state index in [9.17, 15) is 9.90 Å². The fourth-order valence-corrected chi connectivity index (χ4v) is 6.94. The van der Waals surface area contributed by atoms with E-state index in [1.807, 2.05) is 58.2 Å². The topological polar surface area (TPSA) is 59.0 Å². The molecular weight excluding hydrogens is 731 g/mol. The molecule has 0 spiro atoms. The standard InChI is InChI=1S/C29H29NO4S.W.Y/c1-17-18(2)27-21(19(3)26(17)31)12-13-29(4,34-27)15-33-24-11-10-20(22-8-6-7-9-23(22)24)14-25-28(32)30(5)16-35-25;;/h6-11,14,31H,12-13,15H2,1-5H3;;/b25-14-;;. The smallest absolute Gasteiger partial charge is 0 e. The minimum atomic E-state index is -0.484. The van der Waals surface area contributed by atoms with Crippen LogP contribution in [0.4, 0.5) is 0 Å². The number of hydrogen-bond donors (Lipinski definition) is 1. The Bertz CT molecular complexity index is 1470. The third kappa shape index (κ3) is 5.24. The molecule has 0 bridgehead atoms. The number of likely N-dealkylation sites (N-methyl/N-ethyl adjacent to an activating group) is 1. The molecule has 189 valence electrons. The second-order valence-electron chi connectivity index (χ2n) is 9.81. The molecule has 8 heteroatoms. The van der Waals surface area contributed by atoms with Crippen LogP contribution in [0.25, 0.3) is 16.8 Å². The van der Waals surface area contributed by atoms with Crippen LogP contribution in [0.1, 0.15) is 41.2 Å². The number of ether oxygens (including phenoxy) is 2. The average molecular weight is 760 g/mol. The van der Waals surface area contributed by atoms with Gasteiger partial charge in [-0.1, -0.05) is 0 Å². The molecule has 1 saturated heterocycles. The van der Waals surface area contributed by atoms with Gasteiger partial charge in [-0.25, -0.2) is 0 Å². The van der Waals surface area contributed by atoms with Crippen LogP contribution in [0.3, 0.4) is 0 Å². The zero-order valence-corrected chi connectivity index (χ0v) is 28.3. The third-order valence-electron chi connectivity index (χ3n) is 7.32. The third-order valence-corrected chi connectivity index (χ3v) is 10.2. The molecular formula is C29H29NO4SWY. The van der Waals surface area contributed by atoms with E-state index in [1.54, 1.807) is 16.7 Å². The van der Waals surface area contributed by atoms with Gasteiger partial charge in [0.1, 0.15) is 11.5 Å². The number of phenols is 1. The van der Waals surface area contributed by atoms with Crippen LogP contribution in [0.5, 0.6) is 17.2 Å². The molecule has 1 N–H and O–H groups in total. The van der Waals surface area contributed by atoms with Crippen molar-refractivity contribution in [2.75, 3.05) is 13.7 Å². The first kappa shape index (κ1) is 28.5. The van der Waals surface area contributed by atoms with Crippen LogP contribution in [-0.4, -0.2) is 38.5 Å².